The minimum atomic E-state index is 0.150. The van der Waals surface area contributed by atoms with Gasteiger partial charge in [-0.2, -0.15) is 0 Å². The molecule has 3 nitrogen and oxygen atoms in total. The van der Waals surface area contributed by atoms with Gasteiger partial charge in [0.2, 0.25) is 0 Å². The molecule has 1 heterocycles. The van der Waals surface area contributed by atoms with Crippen molar-refractivity contribution in [1.29, 1.82) is 0 Å². The Bertz CT molecular complexity index is 423. The molecule has 19 heavy (non-hydrogen) atoms. The number of carbonyl (C=O) groups is 1. The smallest absolute Gasteiger partial charge is 0.174 e. The second-order valence-electron chi connectivity index (χ2n) is 4.45. The first-order valence-corrected chi connectivity index (χ1v) is 8.89. The summed E-state index contributed by atoms with van der Waals surface area (Å²) >= 11 is 3.20. The summed E-state index contributed by atoms with van der Waals surface area (Å²) in [4.78, 5) is 16.1. The summed E-state index contributed by atoms with van der Waals surface area (Å²) in [5.41, 5.74) is 6.84. The topological polar surface area (TPSA) is 46.3 Å². The normalized spacial score (nSPS) is 10.7. The van der Waals surface area contributed by atoms with E-state index in [1.807, 2.05) is 13.2 Å². The average molecular weight is 300 g/mol. The molecule has 0 amide bonds. The fraction of sp³-hybridized carbons (Fsp3) is 0.643. The number of nitrogens with two attached hydrogens (primary N) is 1. The Kier molecular flexibility index (Phi) is 6.72. The van der Waals surface area contributed by atoms with E-state index < -0.39 is 0 Å². The molecule has 1 aromatic heterocycles. The van der Waals surface area contributed by atoms with Crippen LogP contribution in [0.5, 0.6) is 0 Å². The molecule has 1 rings (SSSR count). The molecule has 0 fully saturated rings. The Labute approximate surface area is 124 Å². The van der Waals surface area contributed by atoms with Crippen LogP contribution in [0.4, 0.5) is 10.7 Å². The van der Waals surface area contributed by atoms with Crippen LogP contribution in [0.25, 0.3) is 0 Å². The SMILES string of the molecule is CCCN(CCC)c1sc(C(=O)CC)c(N)c1SC. The number of hydrogen-bond donors (Lipinski definition) is 1. The highest BCUT2D eigenvalue weighted by Crippen LogP contribution is 2.44. The van der Waals surface area contributed by atoms with Crippen molar-refractivity contribution in [3.05, 3.63) is 4.88 Å². The summed E-state index contributed by atoms with van der Waals surface area (Å²) in [6.07, 6.45) is 4.74. The summed E-state index contributed by atoms with van der Waals surface area (Å²) in [5, 5.41) is 1.17. The lowest BCUT2D eigenvalue weighted by molar-refractivity contribution is 0.0992. The molecule has 0 aliphatic rings. The molecule has 0 aliphatic heterocycles. The number of nitrogens with zero attached hydrogens (tertiary/aromatic N) is 1. The number of nitrogen functional groups attached to an aromatic ring is 1. The molecule has 0 saturated carbocycles. The van der Waals surface area contributed by atoms with Crippen LogP contribution >= 0.6 is 23.1 Å². The highest BCUT2D eigenvalue weighted by atomic mass is 32.2. The molecule has 2 N–H and O–H groups in total. The zero-order valence-electron chi connectivity index (χ0n) is 12.3. The molecule has 0 aliphatic carbocycles. The summed E-state index contributed by atoms with van der Waals surface area (Å²) < 4.78 is 0. The zero-order valence-corrected chi connectivity index (χ0v) is 13.9. The monoisotopic (exact) mass is 300 g/mol. The largest absolute Gasteiger partial charge is 0.396 e. The van der Waals surface area contributed by atoms with E-state index in [9.17, 15) is 4.79 Å². The molecule has 0 bridgehead atoms. The van der Waals surface area contributed by atoms with Crippen LogP contribution in [-0.4, -0.2) is 25.1 Å². The summed E-state index contributed by atoms with van der Waals surface area (Å²) in [7, 11) is 0. The van der Waals surface area contributed by atoms with Crippen molar-refractivity contribution in [2.75, 3.05) is 30.0 Å². The number of carbonyl (C=O) groups excluding carboxylic acids is 1. The lowest BCUT2D eigenvalue weighted by Gasteiger charge is -2.23. The maximum Gasteiger partial charge on any atom is 0.174 e. The third-order valence-corrected chi connectivity index (χ3v) is 5.19. The molecule has 1 aromatic rings. The van der Waals surface area contributed by atoms with Gasteiger partial charge in [0, 0.05) is 19.5 Å². The fourth-order valence-corrected chi connectivity index (χ4v) is 4.29. The van der Waals surface area contributed by atoms with E-state index in [4.69, 9.17) is 5.73 Å². The van der Waals surface area contributed by atoms with Gasteiger partial charge in [0.15, 0.2) is 5.78 Å². The second-order valence-corrected chi connectivity index (χ2v) is 6.26. The summed E-state index contributed by atoms with van der Waals surface area (Å²) in [6.45, 7) is 8.27. The van der Waals surface area contributed by atoms with E-state index in [-0.39, 0.29) is 5.78 Å². The van der Waals surface area contributed by atoms with E-state index in [0.29, 0.717) is 12.1 Å². The number of Topliss-reactive ketones (excluding diaryl/α,β-unsaturated/α-hetero) is 1. The highest BCUT2D eigenvalue weighted by Gasteiger charge is 2.22. The quantitative estimate of drug-likeness (QED) is 0.575. The molecule has 0 aromatic carbocycles. The molecule has 108 valence electrons. The van der Waals surface area contributed by atoms with Gasteiger partial charge >= 0.3 is 0 Å². The molecule has 0 radical (unpaired) electrons. The molecular formula is C14H24N2OS2. The highest BCUT2D eigenvalue weighted by molar-refractivity contribution is 7.99. The van der Waals surface area contributed by atoms with Gasteiger partial charge in [-0.05, 0) is 19.1 Å². The number of anilines is 2. The van der Waals surface area contributed by atoms with Crippen LogP contribution in [0.1, 0.15) is 49.7 Å². The Balaban J connectivity index is 3.20. The summed E-state index contributed by atoms with van der Waals surface area (Å²) in [5.74, 6) is 0.150. The van der Waals surface area contributed by atoms with Crippen molar-refractivity contribution >= 4 is 39.6 Å². The van der Waals surface area contributed by atoms with Crippen LogP contribution in [0, 0.1) is 0 Å². The predicted molar refractivity (Wildman–Crippen MR) is 87.9 cm³/mol. The Morgan fingerprint density at radius 2 is 1.84 bits per heavy atom. The fourth-order valence-electron chi connectivity index (χ4n) is 2.04. The number of hydrogen-bond acceptors (Lipinski definition) is 5. The predicted octanol–water partition coefficient (Wildman–Crippen LogP) is 4.27. The van der Waals surface area contributed by atoms with Crippen molar-refractivity contribution in [3.63, 3.8) is 0 Å². The molecule has 5 heteroatoms. The third kappa shape index (κ3) is 3.66. The van der Waals surface area contributed by atoms with Gasteiger partial charge in [0.25, 0.3) is 0 Å². The second kappa shape index (κ2) is 7.80. The molecular weight excluding hydrogens is 276 g/mol. The van der Waals surface area contributed by atoms with E-state index in [0.717, 1.165) is 35.7 Å². The van der Waals surface area contributed by atoms with E-state index >= 15 is 0 Å². The third-order valence-electron chi connectivity index (χ3n) is 2.93. The van der Waals surface area contributed by atoms with Crippen LogP contribution in [0.3, 0.4) is 0 Å². The Hall–Kier alpha value is -0.680. The number of rotatable bonds is 8. The summed E-state index contributed by atoms with van der Waals surface area (Å²) in [6, 6.07) is 0. The van der Waals surface area contributed by atoms with Crippen LogP contribution in [-0.2, 0) is 0 Å². The van der Waals surface area contributed by atoms with Crippen molar-refractivity contribution < 1.29 is 4.79 Å². The molecule has 0 unspecified atom stereocenters. The van der Waals surface area contributed by atoms with Crippen molar-refractivity contribution in [2.24, 2.45) is 0 Å². The molecule has 0 atom stereocenters. The van der Waals surface area contributed by atoms with Gasteiger partial charge in [-0.15, -0.1) is 23.1 Å². The van der Waals surface area contributed by atoms with Gasteiger partial charge in [0.05, 0.1) is 15.5 Å². The van der Waals surface area contributed by atoms with Gasteiger partial charge in [-0.25, -0.2) is 0 Å². The van der Waals surface area contributed by atoms with Crippen molar-refractivity contribution in [3.8, 4) is 0 Å². The minimum absolute atomic E-state index is 0.150. The Morgan fingerprint density at radius 3 is 2.26 bits per heavy atom. The Morgan fingerprint density at radius 1 is 1.26 bits per heavy atom. The number of thioether (sulfide) groups is 1. The van der Waals surface area contributed by atoms with Gasteiger partial charge in [0.1, 0.15) is 5.00 Å². The molecule has 0 saturated heterocycles. The zero-order chi connectivity index (χ0) is 14.4. The number of ketones is 1. The lowest BCUT2D eigenvalue weighted by Crippen LogP contribution is -2.24. The standard InChI is InChI=1S/C14H24N2OS2/c1-5-8-16(9-6-2)14-13(18-4)11(15)12(19-14)10(17)7-3/h5-9,15H2,1-4H3. The van der Waals surface area contributed by atoms with E-state index in [1.54, 1.807) is 23.1 Å². The first kappa shape index (κ1) is 16.4. The molecule has 0 spiro atoms. The lowest BCUT2D eigenvalue weighted by atomic mass is 10.2. The average Bonchev–Trinajstić information content (AvgIpc) is 2.74. The maximum absolute atomic E-state index is 12.0. The minimum Gasteiger partial charge on any atom is -0.396 e. The van der Waals surface area contributed by atoms with Gasteiger partial charge in [-0.3, -0.25) is 4.79 Å². The van der Waals surface area contributed by atoms with Crippen molar-refractivity contribution in [2.45, 2.75) is 44.9 Å². The van der Waals surface area contributed by atoms with Crippen LogP contribution < -0.4 is 10.6 Å². The van der Waals surface area contributed by atoms with Crippen molar-refractivity contribution in [1.82, 2.24) is 0 Å². The van der Waals surface area contributed by atoms with Crippen LogP contribution in [0.15, 0.2) is 4.90 Å². The van der Waals surface area contributed by atoms with Gasteiger partial charge < -0.3 is 10.6 Å². The maximum atomic E-state index is 12.0. The first-order chi connectivity index (χ1) is 9.10. The van der Waals surface area contributed by atoms with Crippen LogP contribution in [0.2, 0.25) is 0 Å². The van der Waals surface area contributed by atoms with E-state index in [2.05, 4.69) is 18.7 Å². The van der Waals surface area contributed by atoms with E-state index in [1.165, 1.54) is 5.00 Å². The van der Waals surface area contributed by atoms with Gasteiger partial charge in [-0.1, -0.05) is 20.8 Å². The first-order valence-electron chi connectivity index (χ1n) is 6.84. The number of thiophene rings is 1.